The number of hydrogen-bond donors (Lipinski definition) is 0. The number of rotatable bonds is 7. The SMILES string of the molecule is CC1(C)CCC(C)(C)c2cc(-n3c4ccccc4c4ccc(N(c5ccc(-c6ccccc6)cc5)c5cccc6c5-c5ccccc5C6(c5ccccc5)c5ccccc5)cc43)ccc21. The molecule has 1 aromatic heterocycles. The van der Waals surface area contributed by atoms with Gasteiger partial charge in [0.15, 0.2) is 0 Å². The quantitative estimate of drug-likeness (QED) is 0.155. The monoisotopic (exact) mass is 836 g/mol. The highest BCUT2D eigenvalue weighted by Gasteiger charge is 2.47. The summed E-state index contributed by atoms with van der Waals surface area (Å²) in [5.41, 5.74) is 19.7. The molecule has 0 fully saturated rings. The molecule has 2 aliphatic rings. The van der Waals surface area contributed by atoms with Crippen molar-refractivity contribution in [1.29, 1.82) is 0 Å². The van der Waals surface area contributed by atoms with E-state index < -0.39 is 5.41 Å². The summed E-state index contributed by atoms with van der Waals surface area (Å²) in [6, 6.07) is 81.5. The molecule has 0 N–H and O–H groups in total. The van der Waals surface area contributed by atoms with E-state index in [9.17, 15) is 0 Å². The Hall–Kier alpha value is -7.42. The van der Waals surface area contributed by atoms with Gasteiger partial charge in [-0.1, -0.05) is 198 Å². The molecular weight excluding hydrogens is 785 g/mol. The summed E-state index contributed by atoms with van der Waals surface area (Å²) < 4.78 is 2.52. The fraction of sp³-hybridized carbons (Fsp3) is 0.143. The first-order valence-corrected chi connectivity index (χ1v) is 23.2. The molecule has 0 amide bonds. The van der Waals surface area contributed by atoms with Gasteiger partial charge in [0, 0.05) is 33.4 Å². The first-order valence-electron chi connectivity index (χ1n) is 23.2. The zero-order valence-corrected chi connectivity index (χ0v) is 37.6. The van der Waals surface area contributed by atoms with E-state index in [1.54, 1.807) is 0 Å². The van der Waals surface area contributed by atoms with Crippen LogP contribution in [0, 0.1) is 0 Å². The fourth-order valence-electron chi connectivity index (χ4n) is 11.6. The predicted octanol–water partition coefficient (Wildman–Crippen LogP) is 16.6. The van der Waals surface area contributed by atoms with E-state index >= 15 is 0 Å². The topological polar surface area (TPSA) is 8.17 Å². The van der Waals surface area contributed by atoms with Crippen LogP contribution in [0.5, 0.6) is 0 Å². The Labute approximate surface area is 383 Å². The van der Waals surface area contributed by atoms with E-state index in [0.717, 1.165) is 17.1 Å². The third-order valence-electron chi connectivity index (χ3n) is 14.9. The van der Waals surface area contributed by atoms with Crippen molar-refractivity contribution in [2.24, 2.45) is 0 Å². The molecule has 0 radical (unpaired) electrons. The highest BCUT2D eigenvalue weighted by atomic mass is 15.1. The molecule has 0 atom stereocenters. The lowest BCUT2D eigenvalue weighted by molar-refractivity contribution is 0.332. The number of benzene rings is 9. The molecule has 10 aromatic rings. The Morgan fingerprint density at radius 1 is 0.400 bits per heavy atom. The zero-order valence-electron chi connectivity index (χ0n) is 37.6. The molecule has 2 nitrogen and oxygen atoms in total. The van der Waals surface area contributed by atoms with Crippen molar-refractivity contribution < 1.29 is 0 Å². The summed E-state index contributed by atoms with van der Waals surface area (Å²) in [4.78, 5) is 2.51. The van der Waals surface area contributed by atoms with E-state index in [-0.39, 0.29) is 10.8 Å². The second-order valence-electron chi connectivity index (χ2n) is 19.5. The summed E-state index contributed by atoms with van der Waals surface area (Å²) >= 11 is 0. The zero-order chi connectivity index (χ0) is 43.9. The maximum atomic E-state index is 2.52. The molecule has 0 saturated heterocycles. The van der Waals surface area contributed by atoms with Crippen molar-refractivity contribution >= 4 is 38.9 Å². The van der Waals surface area contributed by atoms with E-state index in [0.29, 0.717) is 0 Å². The van der Waals surface area contributed by atoms with Gasteiger partial charge < -0.3 is 9.47 Å². The van der Waals surface area contributed by atoms with E-state index in [1.165, 1.54) is 96.0 Å². The van der Waals surface area contributed by atoms with E-state index in [1.807, 2.05) is 0 Å². The lowest BCUT2D eigenvalue weighted by Crippen LogP contribution is -2.33. The van der Waals surface area contributed by atoms with Crippen LogP contribution in [0.1, 0.15) is 73.9 Å². The van der Waals surface area contributed by atoms with Crippen LogP contribution < -0.4 is 4.90 Å². The molecular formula is C63H52N2. The van der Waals surface area contributed by atoms with Crippen LogP contribution in [0.4, 0.5) is 17.1 Å². The van der Waals surface area contributed by atoms with E-state index in [4.69, 9.17) is 0 Å². The van der Waals surface area contributed by atoms with Crippen molar-refractivity contribution in [1.82, 2.24) is 4.57 Å². The predicted molar refractivity (Wildman–Crippen MR) is 273 cm³/mol. The second-order valence-corrected chi connectivity index (χ2v) is 19.5. The number of nitrogens with zero attached hydrogens (tertiary/aromatic N) is 2. The second kappa shape index (κ2) is 14.8. The molecule has 0 unspecified atom stereocenters. The molecule has 0 saturated carbocycles. The molecule has 0 spiro atoms. The lowest BCUT2D eigenvalue weighted by Gasteiger charge is -2.42. The summed E-state index contributed by atoms with van der Waals surface area (Å²) in [5, 5.41) is 2.51. The minimum Gasteiger partial charge on any atom is -0.310 e. The summed E-state index contributed by atoms with van der Waals surface area (Å²) in [6.07, 6.45) is 2.37. The first kappa shape index (κ1) is 39.2. The third-order valence-corrected chi connectivity index (χ3v) is 14.9. The Morgan fingerprint density at radius 2 is 0.969 bits per heavy atom. The van der Waals surface area contributed by atoms with Crippen LogP contribution in [0.3, 0.4) is 0 Å². The molecule has 1 heterocycles. The van der Waals surface area contributed by atoms with Gasteiger partial charge in [-0.3, -0.25) is 0 Å². The average molecular weight is 837 g/mol. The molecule has 2 heteroatoms. The summed E-state index contributed by atoms with van der Waals surface area (Å²) in [5.74, 6) is 0. The van der Waals surface area contributed by atoms with E-state index in [2.05, 4.69) is 256 Å². The van der Waals surface area contributed by atoms with Gasteiger partial charge in [-0.15, -0.1) is 0 Å². The van der Waals surface area contributed by atoms with Crippen LogP contribution in [0.25, 0.3) is 49.7 Å². The Kier molecular flexibility index (Phi) is 8.94. The summed E-state index contributed by atoms with van der Waals surface area (Å²) in [7, 11) is 0. The summed E-state index contributed by atoms with van der Waals surface area (Å²) in [6.45, 7) is 9.68. The minimum atomic E-state index is -0.515. The Bertz CT molecular complexity index is 3370. The molecule has 0 aliphatic heterocycles. The molecule has 314 valence electrons. The minimum absolute atomic E-state index is 0.0895. The first-order chi connectivity index (χ1) is 31.7. The standard InChI is InChI=1S/C63H52N2/c1-61(2)39-40-62(3,4)56-41-48(36-38-54(56)61)65-57-29-17-15-25-50(57)51-37-35-49(42-59(51)65)64(47-33-31-44(32-34-47)43-19-8-5-9-20-43)58-30-18-28-55-60(58)52-26-14-16-27-53(52)63(55,45-21-10-6-11-22-45)46-23-12-7-13-24-46/h5-38,41-42H,39-40H2,1-4H3. The maximum Gasteiger partial charge on any atom is 0.0714 e. The Morgan fingerprint density at radius 3 is 1.69 bits per heavy atom. The van der Waals surface area contributed by atoms with Crippen LogP contribution in [-0.2, 0) is 16.2 Å². The van der Waals surface area contributed by atoms with Crippen molar-refractivity contribution in [3.8, 4) is 27.9 Å². The largest absolute Gasteiger partial charge is 0.310 e. The number of para-hydroxylation sites is 1. The van der Waals surface area contributed by atoms with Crippen molar-refractivity contribution in [2.75, 3.05) is 4.90 Å². The van der Waals surface area contributed by atoms with Crippen molar-refractivity contribution in [2.45, 2.75) is 56.8 Å². The molecule has 2 aliphatic carbocycles. The highest BCUT2D eigenvalue weighted by Crippen LogP contribution is 2.59. The van der Waals surface area contributed by atoms with Gasteiger partial charge in [0.05, 0.1) is 22.1 Å². The van der Waals surface area contributed by atoms with Crippen molar-refractivity contribution in [3.63, 3.8) is 0 Å². The fourth-order valence-corrected chi connectivity index (χ4v) is 11.6. The number of hydrogen-bond acceptors (Lipinski definition) is 1. The van der Waals surface area contributed by atoms with Gasteiger partial charge in [-0.25, -0.2) is 0 Å². The number of fused-ring (bicyclic) bond motifs is 7. The smallest absolute Gasteiger partial charge is 0.0714 e. The number of aromatic nitrogens is 1. The van der Waals surface area contributed by atoms with Gasteiger partial charge in [0.2, 0.25) is 0 Å². The molecule has 12 rings (SSSR count). The molecule has 0 bridgehead atoms. The molecule has 9 aromatic carbocycles. The van der Waals surface area contributed by atoms with Gasteiger partial charge in [0.25, 0.3) is 0 Å². The van der Waals surface area contributed by atoms with Crippen LogP contribution in [0.15, 0.2) is 218 Å². The van der Waals surface area contributed by atoms with Gasteiger partial charge in [-0.05, 0) is 122 Å². The third kappa shape index (κ3) is 6.00. The maximum absolute atomic E-state index is 2.52. The Balaban J connectivity index is 1.13. The van der Waals surface area contributed by atoms with Crippen LogP contribution in [0.2, 0.25) is 0 Å². The normalized spacial score (nSPS) is 15.3. The van der Waals surface area contributed by atoms with Gasteiger partial charge in [-0.2, -0.15) is 0 Å². The van der Waals surface area contributed by atoms with Gasteiger partial charge >= 0.3 is 0 Å². The highest BCUT2D eigenvalue weighted by molar-refractivity contribution is 6.11. The lowest BCUT2D eigenvalue weighted by atomic mass is 9.63. The number of anilines is 3. The molecule has 65 heavy (non-hydrogen) atoms. The average Bonchev–Trinajstić information content (AvgIpc) is 3.85. The van der Waals surface area contributed by atoms with Crippen molar-refractivity contribution in [3.05, 3.63) is 252 Å². The van der Waals surface area contributed by atoms with Crippen LogP contribution >= 0.6 is 0 Å². The van der Waals surface area contributed by atoms with Crippen LogP contribution in [-0.4, -0.2) is 4.57 Å². The van der Waals surface area contributed by atoms with Gasteiger partial charge in [0.1, 0.15) is 0 Å².